The van der Waals surface area contributed by atoms with Crippen LogP contribution in [0.1, 0.15) is 30.3 Å². The van der Waals surface area contributed by atoms with Gasteiger partial charge in [0.2, 0.25) is 11.8 Å². The van der Waals surface area contributed by atoms with E-state index in [0.29, 0.717) is 37.6 Å². The maximum atomic E-state index is 13.3. The summed E-state index contributed by atoms with van der Waals surface area (Å²) in [5, 5.41) is 0. The molecule has 0 spiro atoms. The Morgan fingerprint density at radius 3 is 2.52 bits per heavy atom. The van der Waals surface area contributed by atoms with Gasteiger partial charge < -0.3 is 14.7 Å². The Bertz CT molecular complexity index is 1020. The predicted molar refractivity (Wildman–Crippen MR) is 120 cm³/mol. The summed E-state index contributed by atoms with van der Waals surface area (Å²) in [6.07, 6.45) is 0.849. The Hall–Kier alpha value is -3.00. The normalized spacial score (nSPS) is 15.9. The molecule has 8 nitrogen and oxygen atoms in total. The summed E-state index contributed by atoms with van der Waals surface area (Å²) >= 11 is 0. The van der Waals surface area contributed by atoms with E-state index < -0.39 is 5.69 Å². The fraction of sp³-hybridized carbons (Fsp3) is 0.478. The molecule has 1 aromatic heterocycles. The second-order valence-corrected chi connectivity index (χ2v) is 8.18. The number of rotatable bonds is 2. The van der Waals surface area contributed by atoms with Crippen molar-refractivity contribution in [3.63, 3.8) is 0 Å². The van der Waals surface area contributed by atoms with Gasteiger partial charge in [0.05, 0.1) is 0 Å². The predicted octanol–water partition coefficient (Wildman–Crippen LogP) is 1.58. The van der Waals surface area contributed by atoms with Crippen molar-refractivity contribution >= 4 is 17.5 Å². The number of nitrogens with zero attached hydrogens (tertiary/aromatic N) is 5. The first-order valence-corrected chi connectivity index (χ1v) is 10.6. The number of aryl methyl sites for hydroxylation is 2. The molecule has 0 atom stereocenters. The maximum absolute atomic E-state index is 13.3. The average molecular weight is 426 g/mol. The molecule has 2 aromatic rings. The second-order valence-electron chi connectivity index (χ2n) is 8.18. The van der Waals surface area contributed by atoms with Crippen LogP contribution in [-0.4, -0.2) is 64.4 Å². The van der Waals surface area contributed by atoms with E-state index in [1.54, 1.807) is 29.7 Å². The van der Waals surface area contributed by atoms with Crippen LogP contribution in [0.3, 0.4) is 0 Å². The largest absolute Gasteiger partial charge is 0.348 e. The van der Waals surface area contributed by atoms with Crippen molar-refractivity contribution in [2.75, 3.05) is 38.1 Å². The highest BCUT2D eigenvalue weighted by molar-refractivity contribution is 5.92. The van der Waals surface area contributed by atoms with Crippen molar-refractivity contribution in [2.24, 2.45) is 0 Å². The zero-order valence-corrected chi connectivity index (χ0v) is 18.8. The van der Waals surface area contributed by atoms with E-state index in [1.807, 2.05) is 38.2 Å². The minimum atomic E-state index is -0.413. The quantitative estimate of drug-likeness (QED) is 0.730. The molecule has 0 fully saturated rings. The van der Waals surface area contributed by atoms with E-state index in [-0.39, 0.29) is 18.4 Å². The minimum Gasteiger partial charge on any atom is -0.335 e. The summed E-state index contributed by atoms with van der Waals surface area (Å²) in [4.78, 5) is 47.6. The number of amides is 2. The van der Waals surface area contributed by atoms with E-state index in [0.717, 1.165) is 24.2 Å². The van der Waals surface area contributed by atoms with E-state index in [9.17, 15) is 14.4 Å². The minimum absolute atomic E-state index is 0.0138. The lowest BCUT2D eigenvalue weighted by atomic mass is 10.1. The first kappa shape index (κ1) is 22.7. The smallest absolute Gasteiger partial charge is 0.335 e. The van der Waals surface area contributed by atoms with Crippen LogP contribution in [0.5, 0.6) is 0 Å². The summed E-state index contributed by atoms with van der Waals surface area (Å²) in [5.41, 5.74) is 2.69. The summed E-state index contributed by atoms with van der Waals surface area (Å²) < 4.78 is 1.41. The number of fused-ring (bicyclic) bond motifs is 1. The van der Waals surface area contributed by atoms with Gasteiger partial charge in [-0.1, -0.05) is 18.2 Å². The van der Waals surface area contributed by atoms with Gasteiger partial charge in [0.1, 0.15) is 6.54 Å². The van der Waals surface area contributed by atoms with Crippen LogP contribution in [-0.2, 0) is 22.7 Å². The summed E-state index contributed by atoms with van der Waals surface area (Å²) in [6.45, 7) is 8.18. The van der Waals surface area contributed by atoms with Crippen molar-refractivity contribution in [3.05, 3.63) is 57.8 Å². The zero-order chi connectivity index (χ0) is 22.5. The molecule has 2 amide bonds. The number of hydrogen-bond acceptors (Lipinski definition) is 5. The number of likely N-dealkylation sites (N-methyl/N-ethyl adjacent to an activating group) is 1. The van der Waals surface area contributed by atoms with Crippen LogP contribution in [0.2, 0.25) is 0 Å². The molecule has 1 aliphatic heterocycles. The number of carbonyl (C=O) groups excluding carboxylic acids is 2. The van der Waals surface area contributed by atoms with E-state index in [4.69, 9.17) is 0 Å². The third kappa shape index (κ3) is 5.58. The third-order valence-corrected chi connectivity index (χ3v) is 5.69. The molecular formula is C23H31N5O3. The molecule has 0 unspecified atom stereocenters. The SMILES string of the molecule is CC(=O)N1CCCN(C)CCN(C(=O)Cn2c(C)cc(C)nc2=O)Cc2ccccc21. The van der Waals surface area contributed by atoms with Crippen LogP contribution in [0.15, 0.2) is 35.1 Å². The first-order chi connectivity index (χ1) is 14.8. The van der Waals surface area contributed by atoms with Gasteiger partial charge in [-0.25, -0.2) is 4.79 Å². The van der Waals surface area contributed by atoms with Crippen molar-refractivity contribution in [1.29, 1.82) is 0 Å². The van der Waals surface area contributed by atoms with Gasteiger partial charge in [-0.2, -0.15) is 4.98 Å². The maximum Gasteiger partial charge on any atom is 0.348 e. The second kappa shape index (κ2) is 9.87. The Morgan fingerprint density at radius 1 is 1.06 bits per heavy atom. The highest BCUT2D eigenvalue weighted by Crippen LogP contribution is 2.23. The van der Waals surface area contributed by atoms with E-state index in [1.165, 1.54) is 4.57 Å². The van der Waals surface area contributed by atoms with Gasteiger partial charge >= 0.3 is 5.69 Å². The molecule has 31 heavy (non-hydrogen) atoms. The Labute approximate surface area is 183 Å². The van der Waals surface area contributed by atoms with Crippen molar-refractivity contribution in [3.8, 4) is 0 Å². The number of carbonyl (C=O) groups is 2. The molecule has 0 saturated heterocycles. The zero-order valence-electron chi connectivity index (χ0n) is 18.8. The number of aromatic nitrogens is 2. The highest BCUT2D eigenvalue weighted by Gasteiger charge is 2.22. The molecule has 1 aliphatic rings. The van der Waals surface area contributed by atoms with Gasteiger partial charge in [0, 0.05) is 50.2 Å². The Kier molecular flexibility index (Phi) is 7.22. The number of hydrogen-bond donors (Lipinski definition) is 0. The summed E-state index contributed by atoms with van der Waals surface area (Å²) in [5.74, 6) is -0.159. The summed E-state index contributed by atoms with van der Waals surface area (Å²) in [7, 11) is 2.02. The fourth-order valence-electron chi connectivity index (χ4n) is 3.96. The van der Waals surface area contributed by atoms with Crippen LogP contribution in [0, 0.1) is 13.8 Å². The summed E-state index contributed by atoms with van der Waals surface area (Å²) in [6, 6.07) is 9.52. The number of para-hydroxylation sites is 1. The fourth-order valence-corrected chi connectivity index (χ4v) is 3.96. The Balaban J connectivity index is 1.93. The lowest BCUT2D eigenvalue weighted by molar-refractivity contribution is -0.132. The van der Waals surface area contributed by atoms with Gasteiger partial charge in [-0.15, -0.1) is 0 Å². The van der Waals surface area contributed by atoms with Crippen LogP contribution in [0.4, 0.5) is 5.69 Å². The van der Waals surface area contributed by atoms with E-state index in [2.05, 4.69) is 9.88 Å². The van der Waals surface area contributed by atoms with Crippen molar-refractivity contribution in [1.82, 2.24) is 19.4 Å². The molecule has 0 saturated carbocycles. The van der Waals surface area contributed by atoms with Gasteiger partial charge in [-0.3, -0.25) is 14.2 Å². The molecule has 0 aliphatic carbocycles. The molecule has 8 heteroatoms. The molecule has 0 N–H and O–H groups in total. The third-order valence-electron chi connectivity index (χ3n) is 5.69. The standard InChI is InChI=1S/C23H31N5O3/c1-17-14-18(2)28(23(31)24-17)16-22(30)26-13-12-25(4)10-7-11-27(19(3)29)21-9-6-5-8-20(21)15-26/h5-6,8-9,14H,7,10-13,15-16H2,1-4H3. The van der Waals surface area contributed by atoms with Gasteiger partial charge in [0.25, 0.3) is 0 Å². The lowest BCUT2D eigenvalue weighted by Gasteiger charge is -2.27. The van der Waals surface area contributed by atoms with Crippen molar-refractivity contribution < 1.29 is 9.59 Å². The molecule has 0 radical (unpaired) electrons. The van der Waals surface area contributed by atoms with Gasteiger partial charge in [-0.05, 0) is 51.6 Å². The van der Waals surface area contributed by atoms with E-state index >= 15 is 0 Å². The molecule has 3 rings (SSSR count). The highest BCUT2D eigenvalue weighted by atomic mass is 16.2. The molecule has 166 valence electrons. The number of anilines is 1. The monoisotopic (exact) mass is 425 g/mol. The van der Waals surface area contributed by atoms with Crippen LogP contribution in [0.25, 0.3) is 0 Å². The molecule has 0 bridgehead atoms. The van der Waals surface area contributed by atoms with Crippen LogP contribution < -0.4 is 10.6 Å². The number of benzene rings is 1. The topological polar surface area (TPSA) is 78.8 Å². The molecule has 2 heterocycles. The van der Waals surface area contributed by atoms with Crippen molar-refractivity contribution in [2.45, 2.75) is 40.3 Å². The lowest BCUT2D eigenvalue weighted by Crippen LogP contribution is -2.41. The van der Waals surface area contributed by atoms with Gasteiger partial charge in [0.15, 0.2) is 0 Å². The first-order valence-electron chi connectivity index (χ1n) is 10.6. The average Bonchev–Trinajstić information content (AvgIpc) is 2.73. The molecular weight excluding hydrogens is 394 g/mol. The molecule has 1 aromatic carbocycles. The van der Waals surface area contributed by atoms with Crippen LogP contribution >= 0.6 is 0 Å². The Morgan fingerprint density at radius 2 is 1.81 bits per heavy atom.